The van der Waals surface area contributed by atoms with E-state index in [0.29, 0.717) is 17.8 Å². The van der Waals surface area contributed by atoms with Gasteiger partial charge < -0.3 is 9.84 Å². The van der Waals surface area contributed by atoms with Gasteiger partial charge in [-0.15, -0.1) is 0 Å². The van der Waals surface area contributed by atoms with Gasteiger partial charge in [0.05, 0.1) is 0 Å². The van der Waals surface area contributed by atoms with E-state index in [2.05, 4.69) is 41.4 Å². The summed E-state index contributed by atoms with van der Waals surface area (Å²) in [7, 11) is 1.75. The second-order valence-corrected chi connectivity index (χ2v) is 3.95. The summed E-state index contributed by atoms with van der Waals surface area (Å²) in [5, 5.41) is 6.69. The molecule has 84 valence electrons. The summed E-state index contributed by atoms with van der Waals surface area (Å²) in [4.78, 5) is 4.18. The van der Waals surface area contributed by atoms with E-state index in [1.54, 1.807) is 7.05 Å². The van der Waals surface area contributed by atoms with E-state index in [4.69, 9.17) is 4.52 Å². The number of rotatable bonds is 3. The molecule has 2 rings (SSSR count). The van der Waals surface area contributed by atoms with Gasteiger partial charge in [0.25, 0.3) is 0 Å². The van der Waals surface area contributed by atoms with Crippen molar-refractivity contribution in [3.8, 4) is 11.4 Å². The molecule has 0 saturated heterocycles. The van der Waals surface area contributed by atoms with E-state index in [1.807, 2.05) is 12.1 Å². The molecule has 0 unspecified atom stereocenters. The van der Waals surface area contributed by atoms with Gasteiger partial charge in [-0.25, -0.2) is 0 Å². The highest BCUT2D eigenvalue weighted by atomic mass is 16.5. The Hall–Kier alpha value is -1.84. The Labute approximate surface area is 94.7 Å². The van der Waals surface area contributed by atoms with Gasteiger partial charge in [-0.1, -0.05) is 43.3 Å². The molecule has 2 aromatic rings. The van der Waals surface area contributed by atoms with Crippen LogP contribution in [0.3, 0.4) is 0 Å². The van der Waals surface area contributed by atoms with Gasteiger partial charge in [0.2, 0.25) is 5.82 Å². The molecule has 0 fully saturated rings. The third-order valence-corrected chi connectivity index (χ3v) is 2.48. The summed E-state index contributed by atoms with van der Waals surface area (Å²) < 4.78 is 4.97. The van der Waals surface area contributed by atoms with Crippen LogP contribution in [0.1, 0.15) is 25.3 Å². The van der Waals surface area contributed by atoms with Gasteiger partial charge in [0.15, 0.2) is 0 Å². The molecule has 0 bridgehead atoms. The normalized spacial score (nSPS) is 10.8. The molecule has 1 heterocycles. The Morgan fingerprint density at radius 3 is 2.38 bits per heavy atom. The topological polar surface area (TPSA) is 51.0 Å². The quantitative estimate of drug-likeness (QED) is 0.858. The van der Waals surface area contributed by atoms with E-state index in [9.17, 15) is 0 Å². The van der Waals surface area contributed by atoms with E-state index in [-0.39, 0.29) is 0 Å². The van der Waals surface area contributed by atoms with Crippen molar-refractivity contribution in [2.45, 2.75) is 19.8 Å². The van der Waals surface area contributed by atoms with Gasteiger partial charge in [-0.3, -0.25) is 0 Å². The first-order valence-electron chi connectivity index (χ1n) is 5.32. The van der Waals surface area contributed by atoms with Crippen LogP contribution in [0, 0.1) is 0 Å². The Bertz CT molecular complexity index is 459. The van der Waals surface area contributed by atoms with E-state index < -0.39 is 0 Å². The minimum absolute atomic E-state index is 0.433. The molecule has 1 aromatic carbocycles. The average molecular weight is 217 g/mol. The van der Waals surface area contributed by atoms with E-state index >= 15 is 0 Å². The lowest BCUT2D eigenvalue weighted by Crippen LogP contribution is -1.88. The second-order valence-electron chi connectivity index (χ2n) is 3.95. The largest absolute Gasteiger partial charge is 0.341 e. The van der Waals surface area contributed by atoms with Gasteiger partial charge in [0.1, 0.15) is 0 Å². The van der Waals surface area contributed by atoms with Crippen LogP contribution in [0.25, 0.3) is 11.4 Å². The van der Waals surface area contributed by atoms with Crippen LogP contribution < -0.4 is 5.32 Å². The molecule has 16 heavy (non-hydrogen) atoms. The summed E-state index contributed by atoms with van der Waals surface area (Å²) in [6, 6.07) is 8.65. The smallest absolute Gasteiger partial charge is 0.321 e. The van der Waals surface area contributed by atoms with Crippen molar-refractivity contribution in [1.29, 1.82) is 0 Å². The van der Waals surface area contributed by atoms with E-state index in [1.165, 1.54) is 5.56 Å². The lowest BCUT2D eigenvalue weighted by molar-refractivity contribution is 0.434. The second kappa shape index (κ2) is 4.35. The van der Waals surface area contributed by atoms with Crippen LogP contribution in [-0.2, 0) is 0 Å². The molecule has 0 aliphatic heterocycles. The standard InChI is InChI=1S/C12H15N3O/c1-8(2)9-4-6-10(7-5-9)11-14-12(13-3)16-15-11/h4-8H,1-3H3,(H,13,14,15). The fourth-order valence-corrected chi connectivity index (χ4v) is 1.46. The summed E-state index contributed by atoms with van der Waals surface area (Å²) in [5.41, 5.74) is 2.27. The molecule has 0 aliphatic carbocycles. The molecule has 4 heteroatoms. The monoisotopic (exact) mass is 217 g/mol. The summed E-state index contributed by atoms with van der Waals surface area (Å²) in [5.74, 6) is 1.15. The minimum Gasteiger partial charge on any atom is -0.341 e. The fourth-order valence-electron chi connectivity index (χ4n) is 1.46. The highest BCUT2D eigenvalue weighted by molar-refractivity contribution is 5.56. The van der Waals surface area contributed by atoms with Crippen molar-refractivity contribution >= 4 is 6.01 Å². The minimum atomic E-state index is 0.433. The van der Waals surface area contributed by atoms with Crippen molar-refractivity contribution in [2.24, 2.45) is 0 Å². The molecule has 0 saturated carbocycles. The maximum atomic E-state index is 4.97. The summed E-state index contributed by atoms with van der Waals surface area (Å²) in [6.45, 7) is 4.34. The fraction of sp³-hybridized carbons (Fsp3) is 0.333. The summed E-state index contributed by atoms with van der Waals surface area (Å²) >= 11 is 0. The first-order chi connectivity index (χ1) is 7.70. The molecule has 0 atom stereocenters. The highest BCUT2D eigenvalue weighted by Gasteiger charge is 2.07. The number of nitrogens with one attached hydrogen (secondary N) is 1. The van der Waals surface area contributed by atoms with Crippen LogP contribution in [0.5, 0.6) is 0 Å². The Morgan fingerprint density at radius 2 is 1.88 bits per heavy atom. The maximum Gasteiger partial charge on any atom is 0.321 e. The third-order valence-electron chi connectivity index (χ3n) is 2.48. The zero-order valence-electron chi connectivity index (χ0n) is 9.69. The molecule has 0 spiro atoms. The van der Waals surface area contributed by atoms with E-state index in [0.717, 1.165) is 5.56 Å². The zero-order valence-corrected chi connectivity index (χ0v) is 9.69. The lowest BCUT2D eigenvalue weighted by atomic mass is 10.0. The number of anilines is 1. The molecular weight excluding hydrogens is 202 g/mol. The van der Waals surface area contributed by atoms with Crippen LogP contribution in [0.2, 0.25) is 0 Å². The number of hydrogen-bond donors (Lipinski definition) is 1. The van der Waals surface area contributed by atoms with Crippen molar-refractivity contribution in [3.63, 3.8) is 0 Å². The predicted molar refractivity (Wildman–Crippen MR) is 63.4 cm³/mol. The maximum absolute atomic E-state index is 4.97. The number of nitrogens with zero attached hydrogens (tertiary/aromatic N) is 2. The average Bonchev–Trinajstić information content (AvgIpc) is 2.77. The Kier molecular flexibility index (Phi) is 2.90. The molecule has 4 nitrogen and oxygen atoms in total. The molecule has 0 radical (unpaired) electrons. The number of hydrogen-bond acceptors (Lipinski definition) is 4. The Morgan fingerprint density at radius 1 is 1.19 bits per heavy atom. The zero-order chi connectivity index (χ0) is 11.5. The molecule has 0 aliphatic rings. The third kappa shape index (κ3) is 2.05. The molecule has 0 amide bonds. The molecule has 1 N–H and O–H groups in total. The SMILES string of the molecule is CNc1nc(-c2ccc(C(C)C)cc2)no1. The first kappa shape index (κ1) is 10.7. The molecule has 1 aromatic heterocycles. The van der Waals surface area contributed by atoms with Crippen molar-refractivity contribution in [2.75, 3.05) is 12.4 Å². The van der Waals surface area contributed by atoms with Crippen molar-refractivity contribution in [3.05, 3.63) is 29.8 Å². The Balaban J connectivity index is 2.27. The van der Waals surface area contributed by atoms with Gasteiger partial charge in [-0.2, -0.15) is 4.98 Å². The highest BCUT2D eigenvalue weighted by Crippen LogP contribution is 2.21. The van der Waals surface area contributed by atoms with Crippen molar-refractivity contribution < 1.29 is 4.52 Å². The summed E-state index contributed by atoms with van der Waals surface area (Å²) in [6.07, 6.45) is 0. The molecular formula is C12H15N3O. The van der Waals surface area contributed by atoms with Crippen LogP contribution in [-0.4, -0.2) is 17.2 Å². The number of benzene rings is 1. The van der Waals surface area contributed by atoms with Crippen molar-refractivity contribution in [1.82, 2.24) is 10.1 Å². The van der Waals surface area contributed by atoms with Gasteiger partial charge in [-0.05, 0) is 11.5 Å². The van der Waals surface area contributed by atoms with Crippen LogP contribution >= 0.6 is 0 Å². The number of aromatic nitrogens is 2. The van der Waals surface area contributed by atoms with Gasteiger partial charge >= 0.3 is 6.01 Å². The predicted octanol–water partition coefficient (Wildman–Crippen LogP) is 2.90. The first-order valence-corrected chi connectivity index (χ1v) is 5.32. The van der Waals surface area contributed by atoms with Crippen LogP contribution in [0.4, 0.5) is 6.01 Å². The lowest BCUT2D eigenvalue weighted by Gasteiger charge is -2.04. The van der Waals surface area contributed by atoms with Crippen LogP contribution in [0.15, 0.2) is 28.8 Å². The van der Waals surface area contributed by atoms with Gasteiger partial charge in [0, 0.05) is 12.6 Å².